The lowest BCUT2D eigenvalue weighted by molar-refractivity contribution is 0.391. The number of halogens is 1. The van der Waals surface area contributed by atoms with Gasteiger partial charge in [0.25, 0.3) is 0 Å². The zero-order chi connectivity index (χ0) is 17.8. The number of thioether (sulfide) groups is 1. The van der Waals surface area contributed by atoms with Gasteiger partial charge in [0, 0.05) is 10.0 Å². The Kier molecular flexibility index (Phi) is 5.32. The van der Waals surface area contributed by atoms with E-state index in [1.54, 1.807) is 6.26 Å². The van der Waals surface area contributed by atoms with Gasteiger partial charge in [-0.15, -0.1) is 10.2 Å². The van der Waals surface area contributed by atoms with E-state index in [0.717, 1.165) is 25.3 Å². The summed E-state index contributed by atoms with van der Waals surface area (Å²) in [5.41, 5.74) is 0.903. The van der Waals surface area contributed by atoms with Crippen LogP contribution in [-0.4, -0.2) is 20.3 Å². The van der Waals surface area contributed by atoms with Crippen molar-refractivity contribution in [1.29, 1.82) is 0 Å². The van der Waals surface area contributed by atoms with Crippen LogP contribution in [0.2, 0.25) is 0 Å². The fraction of sp³-hybridized carbons (Fsp3) is 0.125. The molecule has 0 atom stereocenters. The highest BCUT2D eigenvalue weighted by atomic mass is 79.9. The van der Waals surface area contributed by atoms with Crippen molar-refractivity contribution in [2.45, 2.75) is 16.6 Å². The Balaban J connectivity index is 1.33. The molecule has 0 saturated heterocycles. The van der Waals surface area contributed by atoms with E-state index in [4.69, 9.17) is 8.94 Å². The fourth-order valence-electron chi connectivity index (χ4n) is 2.10. The average molecular weight is 450 g/mol. The minimum Gasteiger partial charge on any atom is -0.467 e. The molecule has 1 N–H and O–H groups in total. The molecule has 0 saturated carbocycles. The van der Waals surface area contributed by atoms with Crippen molar-refractivity contribution >= 4 is 44.2 Å². The van der Waals surface area contributed by atoms with Crippen LogP contribution < -0.4 is 5.32 Å². The molecule has 0 aliphatic rings. The molecule has 0 unspecified atom stereocenters. The van der Waals surface area contributed by atoms with E-state index in [0.29, 0.717) is 24.0 Å². The lowest BCUT2D eigenvalue weighted by Gasteiger charge is -1.96. The second-order valence-electron chi connectivity index (χ2n) is 5.12. The molecular weight excluding hydrogens is 438 g/mol. The number of aromatic nitrogens is 4. The molecule has 4 aromatic rings. The highest BCUT2D eigenvalue weighted by molar-refractivity contribution is 9.10. The van der Waals surface area contributed by atoms with Gasteiger partial charge in [-0.3, -0.25) is 0 Å². The van der Waals surface area contributed by atoms with E-state index < -0.39 is 0 Å². The number of anilines is 1. The monoisotopic (exact) mass is 449 g/mol. The first-order chi connectivity index (χ1) is 12.8. The van der Waals surface area contributed by atoms with E-state index in [9.17, 15) is 0 Å². The third kappa shape index (κ3) is 4.32. The summed E-state index contributed by atoms with van der Waals surface area (Å²) in [6.07, 6.45) is 1.64. The first-order valence-electron chi connectivity index (χ1n) is 7.57. The maximum atomic E-state index is 5.32. The molecule has 3 aromatic heterocycles. The van der Waals surface area contributed by atoms with Gasteiger partial charge in [-0.25, -0.2) is 0 Å². The van der Waals surface area contributed by atoms with Crippen LogP contribution in [0.4, 0.5) is 5.13 Å². The molecule has 0 radical (unpaired) electrons. The Morgan fingerprint density at radius 3 is 3.00 bits per heavy atom. The van der Waals surface area contributed by atoms with Crippen LogP contribution in [0.1, 0.15) is 11.7 Å². The summed E-state index contributed by atoms with van der Waals surface area (Å²) in [5, 5.41) is 16.2. The standard InChI is InChI=1S/C16H12BrN5O2S2/c17-11-4-1-3-10(7-11)14-19-13(24-22-14)9-25-16-21-20-15(26-16)18-8-12-5-2-6-23-12/h1-7H,8-9H2,(H,18,20). The van der Waals surface area contributed by atoms with Crippen LogP contribution in [0, 0.1) is 0 Å². The molecule has 0 spiro atoms. The van der Waals surface area contributed by atoms with E-state index in [-0.39, 0.29) is 0 Å². The topological polar surface area (TPSA) is 89.9 Å². The first-order valence-corrected chi connectivity index (χ1v) is 10.2. The molecule has 7 nitrogen and oxygen atoms in total. The Hall–Kier alpha value is -2.17. The molecule has 1 aromatic carbocycles. The second-order valence-corrected chi connectivity index (χ2v) is 8.23. The summed E-state index contributed by atoms with van der Waals surface area (Å²) in [5.74, 6) is 2.50. The van der Waals surface area contributed by atoms with Gasteiger partial charge in [-0.2, -0.15) is 4.98 Å². The number of furan rings is 1. The minimum absolute atomic E-state index is 0.536. The largest absolute Gasteiger partial charge is 0.467 e. The first kappa shape index (κ1) is 17.3. The number of hydrogen-bond acceptors (Lipinski definition) is 9. The molecule has 0 bridgehead atoms. The van der Waals surface area contributed by atoms with Crippen LogP contribution in [-0.2, 0) is 12.3 Å². The van der Waals surface area contributed by atoms with Gasteiger partial charge in [-0.05, 0) is 24.3 Å². The SMILES string of the molecule is Brc1cccc(-c2noc(CSc3nnc(NCc4ccco4)s3)n2)c1. The van der Waals surface area contributed by atoms with Crippen molar-refractivity contribution in [3.8, 4) is 11.4 Å². The Morgan fingerprint density at radius 1 is 1.19 bits per heavy atom. The molecule has 3 heterocycles. The molecule has 0 aliphatic carbocycles. The summed E-state index contributed by atoms with van der Waals surface area (Å²) in [6, 6.07) is 11.5. The highest BCUT2D eigenvalue weighted by Gasteiger charge is 2.11. The third-order valence-electron chi connectivity index (χ3n) is 3.27. The van der Waals surface area contributed by atoms with Crippen LogP contribution >= 0.6 is 39.0 Å². The van der Waals surface area contributed by atoms with Gasteiger partial charge in [0.2, 0.25) is 16.8 Å². The smallest absolute Gasteiger partial charge is 0.237 e. The Morgan fingerprint density at radius 2 is 2.15 bits per heavy atom. The van der Waals surface area contributed by atoms with Crippen molar-refractivity contribution < 1.29 is 8.94 Å². The van der Waals surface area contributed by atoms with Crippen LogP contribution in [0.5, 0.6) is 0 Å². The number of benzene rings is 1. The van der Waals surface area contributed by atoms with E-state index in [1.165, 1.54) is 23.1 Å². The second kappa shape index (κ2) is 8.02. The van der Waals surface area contributed by atoms with Crippen LogP contribution in [0.25, 0.3) is 11.4 Å². The van der Waals surface area contributed by atoms with E-state index >= 15 is 0 Å². The van der Waals surface area contributed by atoms with Gasteiger partial charge < -0.3 is 14.3 Å². The predicted octanol–water partition coefficient (Wildman–Crippen LogP) is 4.85. The molecule has 4 rings (SSSR count). The number of nitrogens with one attached hydrogen (secondary N) is 1. The minimum atomic E-state index is 0.536. The lowest BCUT2D eigenvalue weighted by atomic mass is 10.2. The normalized spacial score (nSPS) is 11.0. The van der Waals surface area contributed by atoms with Gasteiger partial charge in [0.05, 0.1) is 18.6 Å². The van der Waals surface area contributed by atoms with Crippen LogP contribution in [0.15, 0.2) is 60.4 Å². The van der Waals surface area contributed by atoms with Crippen molar-refractivity contribution in [3.63, 3.8) is 0 Å². The summed E-state index contributed by atoms with van der Waals surface area (Å²) < 4.78 is 12.4. The van der Waals surface area contributed by atoms with Crippen molar-refractivity contribution in [2.24, 2.45) is 0 Å². The van der Waals surface area contributed by atoms with Gasteiger partial charge in [0.1, 0.15) is 5.76 Å². The zero-order valence-corrected chi connectivity index (χ0v) is 16.5. The van der Waals surface area contributed by atoms with Gasteiger partial charge in [-0.1, -0.05) is 56.3 Å². The summed E-state index contributed by atoms with van der Waals surface area (Å²) in [6.45, 7) is 0.575. The van der Waals surface area contributed by atoms with Crippen LogP contribution in [0.3, 0.4) is 0 Å². The molecule has 0 aliphatic heterocycles. The molecular formula is C16H12BrN5O2S2. The molecule has 26 heavy (non-hydrogen) atoms. The van der Waals surface area contributed by atoms with E-state index in [1.807, 2.05) is 36.4 Å². The molecule has 0 fully saturated rings. The molecule has 132 valence electrons. The summed E-state index contributed by atoms with van der Waals surface area (Å²) in [7, 11) is 0. The number of nitrogens with zero attached hydrogens (tertiary/aromatic N) is 4. The van der Waals surface area contributed by atoms with Gasteiger partial charge in [0.15, 0.2) is 4.34 Å². The highest BCUT2D eigenvalue weighted by Crippen LogP contribution is 2.29. The summed E-state index contributed by atoms with van der Waals surface area (Å²) in [4.78, 5) is 4.42. The quantitative estimate of drug-likeness (QED) is 0.400. The lowest BCUT2D eigenvalue weighted by Crippen LogP contribution is -1.96. The zero-order valence-electron chi connectivity index (χ0n) is 13.3. The van der Waals surface area contributed by atoms with Crippen molar-refractivity contribution in [2.75, 3.05) is 5.32 Å². The number of rotatable bonds is 7. The molecule has 0 amide bonds. The third-order valence-corrected chi connectivity index (χ3v) is 5.76. The Labute approximate surface area is 165 Å². The van der Waals surface area contributed by atoms with Crippen molar-refractivity contribution in [1.82, 2.24) is 20.3 Å². The van der Waals surface area contributed by atoms with E-state index in [2.05, 4.69) is 41.6 Å². The molecule has 10 heteroatoms. The average Bonchev–Trinajstić information content (AvgIpc) is 3.39. The maximum absolute atomic E-state index is 5.32. The maximum Gasteiger partial charge on any atom is 0.237 e. The predicted molar refractivity (Wildman–Crippen MR) is 103 cm³/mol. The van der Waals surface area contributed by atoms with Gasteiger partial charge >= 0.3 is 0 Å². The van der Waals surface area contributed by atoms with Crippen molar-refractivity contribution in [3.05, 3.63) is 58.8 Å². The summed E-state index contributed by atoms with van der Waals surface area (Å²) >= 11 is 6.42. The number of hydrogen-bond donors (Lipinski definition) is 1. The Bertz CT molecular complexity index is 986. The fourth-order valence-corrected chi connectivity index (χ4v) is 4.08.